The van der Waals surface area contributed by atoms with E-state index in [4.69, 9.17) is 17.4 Å². The Bertz CT molecular complexity index is 617. The number of hydrazine groups is 1. The van der Waals surface area contributed by atoms with Crippen LogP contribution in [0.3, 0.4) is 0 Å². The highest BCUT2D eigenvalue weighted by Gasteiger charge is 2.15. The predicted molar refractivity (Wildman–Crippen MR) is 76.3 cm³/mol. The fourth-order valence-electron chi connectivity index (χ4n) is 2.15. The Labute approximate surface area is 121 Å². The minimum Gasteiger partial charge on any atom is -0.271 e. The number of halogens is 3. The van der Waals surface area contributed by atoms with Crippen LogP contribution in [-0.2, 0) is 6.42 Å². The van der Waals surface area contributed by atoms with Gasteiger partial charge in [-0.3, -0.25) is 11.3 Å². The summed E-state index contributed by atoms with van der Waals surface area (Å²) < 4.78 is 26.2. The summed E-state index contributed by atoms with van der Waals surface area (Å²) in [5.41, 5.74) is 5.17. The number of nitrogens with one attached hydrogen (secondary N) is 1. The molecule has 1 unspecified atom stereocenters. The van der Waals surface area contributed by atoms with E-state index < -0.39 is 5.82 Å². The molecule has 106 valence electrons. The van der Waals surface area contributed by atoms with Gasteiger partial charge in [0.2, 0.25) is 0 Å². The van der Waals surface area contributed by atoms with Gasteiger partial charge in [-0.15, -0.1) is 0 Å². The molecule has 1 atom stereocenters. The third-order valence-corrected chi connectivity index (χ3v) is 3.60. The van der Waals surface area contributed by atoms with E-state index >= 15 is 0 Å². The molecule has 0 fully saturated rings. The standard InChI is InChI=1S/C15H15ClF2N2/c1-9-6-11(17)3-2-10(9)7-15(20-19)13-5-4-12(18)8-14(13)16/h2-6,8,15,20H,7,19H2,1H3. The van der Waals surface area contributed by atoms with Crippen LogP contribution in [-0.4, -0.2) is 0 Å². The summed E-state index contributed by atoms with van der Waals surface area (Å²) in [6, 6.07) is 8.50. The molecule has 0 aliphatic carbocycles. The molecule has 5 heteroatoms. The van der Waals surface area contributed by atoms with Crippen LogP contribution in [0.5, 0.6) is 0 Å². The average molecular weight is 297 g/mol. The molecule has 0 radical (unpaired) electrons. The molecule has 0 heterocycles. The minimum absolute atomic E-state index is 0.271. The Morgan fingerprint density at radius 1 is 1.15 bits per heavy atom. The molecule has 3 N–H and O–H groups in total. The monoisotopic (exact) mass is 296 g/mol. The van der Waals surface area contributed by atoms with Gasteiger partial charge in [0.25, 0.3) is 0 Å². The first-order valence-electron chi connectivity index (χ1n) is 6.17. The Morgan fingerprint density at radius 3 is 2.40 bits per heavy atom. The lowest BCUT2D eigenvalue weighted by atomic mass is 9.96. The molecule has 0 amide bonds. The van der Waals surface area contributed by atoms with Gasteiger partial charge in [-0.25, -0.2) is 8.78 Å². The van der Waals surface area contributed by atoms with Crippen LogP contribution < -0.4 is 11.3 Å². The predicted octanol–water partition coefficient (Wildman–Crippen LogP) is 3.67. The molecule has 0 aromatic heterocycles. The zero-order valence-corrected chi connectivity index (χ0v) is 11.7. The SMILES string of the molecule is Cc1cc(F)ccc1CC(NN)c1ccc(F)cc1Cl. The zero-order valence-electron chi connectivity index (χ0n) is 11.0. The molecule has 0 saturated heterocycles. The number of rotatable bonds is 4. The van der Waals surface area contributed by atoms with Crippen molar-refractivity contribution in [1.82, 2.24) is 5.43 Å². The third-order valence-electron chi connectivity index (χ3n) is 3.27. The molecule has 0 aliphatic heterocycles. The molecule has 0 saturated carbocycles. The van der Waals surface area contributed by atoms with Crippen molar-refractivity contribution in [2.24, 2.45) is 5.84 Å². The van der Waals surface area contributed by atoms with Gasteiger partial charge in [0, 0.05) is 5.02 Å². The van der Waals surface area contributed by atoms with Crippen LogP contribution in [0, 0.1) is 18.6 Å². The van der Waals surface area contributed by atoms with Crippen LogP contribution in [0.4, 0.5) is 8.78 Å². The van der Waals surface area contributed by atoms with E-state index in [0.717, 1.165) is 11.1 Å². The Hall–Kier alpha value is -1.49. The second-order valence-electron chi connectivity index (χ2n) is 4.66. The normalized spacial score (nSPS) is 12.4. The van der Waals surface area contributed by atoms with E-state index in [1.165, 1.54) is 24.3 Å². The van der Waals surface area contributed by atoms with Gasteiger partial charge in [-0.05, 0) is 54.3 Å². The summed E-state index contributed by atoms with van der Waals surface area (Å²) in [5, 5.41) is 0.313. The fraction of sp³-hybridized carbons (Fsp3) is 0.200. The second-order valence-corrected chi connectivity index (χ2v) is 5.07. The average Bonchev–Trinajstić information content (AvgIpc) is 2.39. The summed E-state index contributed by atoms with van der Waals surface area (Å²) >= 11 is 6.04. The number of nitrogens with two attached hydrogens (primary N) is 1. The Kier molecular flexibility index (Phi) is 4.70. The van der Waals surface area contributed by atoms with Gasteiger partial charge in [-0.1, -0.05) is 23.7 Å². The summed E-state index contributed by atoms with van der Waals surface area (Å²) in [6.07, 6.45) is 0.536. The van der Waals surface area contributed by atoms with Crippen molar-refractivity contribution in [3.63, 3.8) is 0 Å². The van der Waals surface area contributed by atoms with Gasteiger partial charge < -0.3 is 0 Å². The van der Waals surface area contributed by atoms with E-state index in [2.05, 4.69) is 5.43 Å². The van der Waals surface area contributed by atoms with Crippen LogP contribution in [0.1, 0.15) is 22.7 Å². The molecule has 2 aromatic carbocycles. The second kappa shape index (κ2) is 6.31. The number of hydrogen-bond donors (Lipinski definition) is 2. The van der Waals surface area contributed by atoms with Crippen molar-refractivity contribution in [3.8, 4) is 0 Å². The quantitative estimate of drug-likeness (QED) is 0.667. The molecule has 0 bridgehead atoms. The fourth-order valence-corrected chi connectivity index (χ4v) is 2.45. The molecule has 0 aliphatic rings. The van der Waals surface area contributed by atoms with Crippen molar-refractivity contribution in [2.75, 3.05) is 0 Å². The van der Waals surface area contributed by atoms with Crippen LogP contribution in [0.25, 0.3) is 0 Å². The molecule has 2 nitrogen and oxygen atoms in total. The highest BCUT2D eigenvalue weighted by molar-refractivity contribution is 6.31. The van der Waals surface area contributed by atoms with Crippen molar-refractivity contribution in [2.45, 2.75) is 19.4 Å². The molecular formula is C15H15ClF2N2. The summed E-state index contributed by atoms with van der Waals surface area (Å²) in [5.74, 6) is 4.89. The van der Waals surface area contributed by atoms with Crippen molar-refractivity contribution >= 4 is 11.6 Å². The lowest BCUT2D eigenvalue weighted by Crippen LogP contribution is -2.30. The number of aryl methyl sites for hydroxylation is 1. The lowest BCUT2D eigenvalue weighted by molar-refractivity contribution is 0.547. The molecular weight excluding hydrogens is 282 g/mol. The maximum atomic E-state index is 13.1. The smallest absolute Gasteiger partial charge is 0.124 e. The first kappa shape index (κ1) is 14.9. The van der Waals surface area contributed by atoms with Gasteiger partial charge in [-0.2, -0.15) is 0 Å². The highest BCUT2D eigenvalue weighted by atomic mass is 35.5. The maximum Gasteiger partial charge on any atom is 0.124 e. The van der Waals surface area contributed by atoms with E-state index in [1.807, 2.05) is 6.92 Å². The maximum absolute atomic E-state index is 13.1. The van der Waals surface area contributed by atoms with Gasteiger partial charge in [0.1, 0.15) is 11.6 Å². The lowest BCUT2D eigenvalue weighted by Gasteiger charge is -2.19. The first-order valence-corrected chi connectivity index (χ1v) is 6.55. The third kappa shape index (κ3) is 3.33. The molecule has 2 rings (SSSR count). The Balaban J connectivity index is 2.28. The number of hydrogen-bond acceptors (Lipinski definition) is 2. The molecule has 20 heavy (non-hydrogen) atoms. The van der Waals surface area contributed by atoms with Crippen molar-refractivity contribution in [3.05, 3.63) is 69.7 Å². The van der Waals surface area contributed by atoms with E-state index in [-0.39, 0.29) is 11.9 Å². The van der Waals surface area contributed by atoms with Gasteiger partial charge >= 0.3 is 0 Å². The van der Waals surface area contributed by atoms with Crippen molar-refractivity contribution < 1.29 is 8.78 Å². The highest BCUT2D eigenvalue weighted by Crippen LogP contribution is 2.27. The molecule has 2 aromatic rings. The van der Waals surface area contributed by atoms with Crippen LogP contribution in [0.2, 0.25) is 5.02 Å². The molecule has 0 spiro atoms. The summed E-state index contributed by atoms with van der Waals surface area (Å²) in [6.45, 7) is 1.83. The van der Waals surface area contributed by atoms with Gasteiger partial charge in [0.15, 0.2) is 0 Å². The van der Waals surface area contributed by atoms with Gasteiger partial charge in [0.05, 0.1) is 6.04 Å². The largest absolute Gasteiger partial charge is 0.271 e. The summed E-state index contributed by atoms with van der Waals surface area (Å²) in [4.78, 5) is 0. The minimum atomic E-state index is -0.396. The van der Waals surface area contributed by atoms with E-state index in [9.17, 15) is 8.78 Å². The van der Waals surface area contributed by atoms with E-state index in [1.54, 1.807) is 12.1 Å². The first-order chi connectivity index (χ1) is 9.51. The zero-order chi connectivity index (χ0) is 14.7. The van der Waals surface area contributed by atoms with Crippen LogP contribution >= 0.6 is 11.6 Å². The van der Waals surface area contributed by atoms with Crippen molar-refractivity contribution in [1.29, 1.82) is 0 Å². The number of benzene rings is 2. The topological polar surface area (TPSA) is 38.0 Å². The Morgan fingerprint density at radius 2 is 1.80 bits per heavy atom. The summed E-state index contributed by atoms with van der Waals surface area (Å²) in [7, 11) is 0. The van der Waals surface area contributed by atoms with E-state index in [0.29, 0.717) is 17.0 Å². The van der Waals surface area contributed by atoms with Crippen LogP contribution in [0.15, 0.2) is 36.4 Å².